The Kier molecular flexibility index (Phi) is 4.46. The summed E-state index contributed by atoms with van der Waals surface area (Å²) >= 11 is 0. The molecule has 2 aliphatic heterocycles. The molecule has 0 aromatic heterocycles. The molecule has 5 heteroatoms. The second kappa shape index (κ2) is 6.87. The van der Waals surface area contributed by atoms with Crippen molar-refractivity contribution in [3.05, 3.63) is 35.9 Å². The highest BCUT2D eigenvalue weighted by molar-refractivity contribution is 5.83. The number of amides is 2. The third-order valence-corrected chi connectivity index (χ3v) is 7.60. The number of carbonyl (C=O) groups is 2. The van der Waals surface area contributed by atoms with Crippen LogP contribution in [0.5, 0.6) is 0 Å². The third-order valence-electron chi connectivity index (χ3n) is 7.60. The lowest BCUT2D eigenvalue weighted by Gasteiger charge is -2.43. The van der Waals surface area contributed by atoms with Crippen LogP contribution in [0.3, 0.4) is 0 Å². The van der Waals surface area contributed by atoms with Gasteiger partial charge in [0, 0.05) is 25.6 Å². The molecule has 28 heavy (non-hydrogen) atoms. The molecule has 2 saturated carbocycles. The summed E-state index contributed by atoms with van der Waals surface area (Å²) in [6, 6.07) is 10.2. The van der Waals surface area contributed by atoms with Crippen molar-refractivity contribution in [2.45, 2.75) is 57.1 Å². The fourth-order valence-electron chi connectivity index (χ4n) is 5.48. The molecule has 0 radical (unpaired) electrons. The molecule has 150 valence electrons. The van der Waals surface area contributed by atoms with E-state index < -0.39 is 0 Å². The van der Waals surface area contributed by atoms with Gasteiger partial charge in [0.25, 0.3) is 0 Å². The van der Waals surface area contributed by atoms with Gasteiger partial charge in [0.2, 0.25) is 11.8 Å². The molecule has 4 fully saturated rings. The summed E-state index contributed by atoms with van der Waals surface area (Å²) in [4.78, 5) is 29.5. The van der Waals surface area contributed by atoms with E-state index in [1.807, 2.05) is 23.1 Å². The molecule has 2 amide bonds. The van der Waals surface area contributed by atoms with E-state index in [0.717, 1.165) is 37.9 Å². The molecule has 1 aromatic rings. The van der Waals surface area contributed by atoms with Gasteiger partial charge in [-0.1, -0.05) is 36.8 Å². The molecule has 2 saturated heterocycles. The summed E-state index contributed by atoms with van der Waals surface area (Å²) in [5.41, 5.74) is 1.25. The van der Waals surface area contributed by atoms with Crippen molar-refractivity contribution in [1.82, 2.24) is 9.80 Å². The molecule has 0 N–H and O–H groups in total. The maximum Gasteiger partial charge on any atom is 0.226 e. The maximum atomic E-state index is 12.9. The van der Waals surface area contributed by atoms with E-state index in [-0.39, 0.29) is 11.5 Å². The lowest BCUT2D eigenvalue weighted by atomic mass is 9.79. The van der Waals surface area contributed by atoms with Crippen LogP contribution in [0.1, 0.15) is 50.5 Å². The molecule has 1 atom stereocenters. The predicted molar refractivity (Wildman–Crippen MR) is 105 cm³/mol. The first-order valence-electron chi connectivity index (χ1n) is 10.8. The second-order valence-corrected chi connectivity index (χ2v) is 9.31. The lowest BCUT2D eigenvalue weighted by Crippen LogP contribution is -2.53. The summed E-state index contributed by atoms with van der Waals surface area (Å²) in [5.74, 6) is 0.839. The van der Waals surface area contributed by atoms with Crippen molar-refractivity contribution in [3.63, 3.8) is 0 Å². The van der Waals surface area contributed by atoms with Crippen LogP contribution < -0.4 is 0 Å². The van der Waals surface area contributed by atoms with Crippen molar-refractivity contribution in [2.75, 3.05) is 26.2 Å². The van der Waals surface area contributed by atoms with Crippen LogP contribution in [0.25, 0.3) is 0 Å². The highest BCUT2D eigenvalue weighted by Gasteiger charge is 2.62. The minimum Gasteiger partial charge on any atom is -0.372 e. The zero-order chi connectivity index (χ0) is 19.2. The Labute approximate surface area is 167 Å². The number of rotatable bonds is 3. The lowest BCUT2D eigenvalue weighted by molar-refractivity contribution is -0.142. The van der Waals surface area contributed by atoms with Crippen LogP contribution in [0.4, 0.5) is 0 Å². The molecular formula is C23H30N2O3. The number of hydrogen-bond acceptors (Lipinski definition) is 3. The van der Waals surface area contributed by atoms with E-state index in [1.165, 1.54) is 19.3 Å². The van der Waals surface area contributed by atoms with Crippen molar-refractivity contribution < 1.29 is 14.3 Å². The Morgan fingerprint density at radius 1 is 1.11 bits per heavy atom. The number of carbonyl (C=O) groups excluding carboxylic acids is 2. The maximum absolute atomic E-state index is 12.9. The van der Waals surface area contributed by atoms with E-state index >= 15 is 0 Å². The van der Waals surface area contributed by atoms with E-state index in [0.29, 0.717) is 43.4 Å². The smallest absolute Gasteiger partial charge is 0.226 e. The highest BCUT2D eigenvalue weighted by Crippen LogP contribution is 2.66. The molecule has 5 nitrogen and oxygen atoms in total. The van der Waals surface area contributed by atoms with Crippen molar-refractivity contribution in [2.24, 2.45) is 11.3 Å². The van der Waals surface area contributed by atoms with E-state index in [4.69, 9.17) is 4.74 Å². The van der Waals surface area contributed by atoms with Crippen molar-refractivity contribution in [1.29, 1.82) is 0 Å². The van der Waals surface area contributed by atoms with Gasteiger partial charge in [0.05, 0.1) is 25.2 Å². The molecule has 2 spiro atoms. The van der Waals surface area contributed by atoms with Crippen LogP contribution in [0.15, 0.2) is 30.3 Å². The number of ether oxygens (including phenoxy) is 1. The standard InChI is InChI=1S/C23H30N2O3/c26-20-7-14-28-23(17-25(20)16-18-5-2-1-3-6-18)10-12-24(13-11-23)21(27)19-15-22(19)8-4-9-22/h1-3,5-6,19H,4,7-17H2. The molecule has 2 heterocycles. The van der Waals surface area contributed by atoms with Gasteiger partial charge in [-0.15, -0.1) is 0 Å². The Balaban J connectivity index is 1.22. The van der Waals surface area contributed by atoms with Gasteiger partial charge in [0.15, 0.2) is 0 Å². The monoisotopic (exact) mass is 382 g/mol. The van der Waals surface area contributed by atoms with E-state index in [2.05, 4.69) is 17.0 Å². The number of hydrogen-bond donors (Lipinski definition) is 0. The van der Waals surface area contributed by atoms with Gasteiger partial charge in [-0.05, 0) is 43.1 Å². The Hall–Kier alpha value is -1.88. The third kappa shape index (κ3) is 3.24. The zero-order valence-corrected chi connectivity index (χ0v) is 16.6. The van der Waals surface area contributed by atoms with Crippen molar-refractivity contribution >= 4 is 11.8 Å². The molecule has 4 aliphatic rings. The normalized spacial score (nSPS) is 28.1. The predicted octanol–water partition coefficient (Wildman–Crippen LogP) is 2.99. The highest BCUT2D eigenvalue weighted by atomic mass is 16.5. The number of piperidine rings is 1. The van der Waals surface area contributed by atoms with Gasteiger partial charge < -0.3 is 14.5 Å². The number of likely N-dealkylation sites (tertiary alicyclic amines) is 1. The minimum atomic E-state index is -0.296. The quantitative estimate of drug-likeness (QED) is 0.808. The fraction of sp³-hybridized carbons (Fsp3) is 0.652. The van der Waals surface area contributed by atoms with Crippen LogP contribution in [-0.4, -0.2) is 53.5 Å². The van der Waals surface area contributed by atoms with Crippen molar-refractivity contribution in [3.8, 4) is 0 Å². The van der Waals surface area contributed by atoms with Gasteiger partial charge in [-0.2, -0.15) is 0 Å². The van der Waals surface area contributed by atoms with Crippen LogP contribution in [-0.2, 0) is 20.9 Å². The summed E-state index contributed by atoms with van der Waals surface area (Å²) in [7, 11) is 0. The first-order chi connectivity index (χ1) is 13.6. The average molecular weight is 383 g/mol. The first-order valence-corrected chi connectivity index (χ1v) is 10.8. The largest absolute Gasteiger partial charge is 0.372 e. The van der Waals surface area contributed by atoms with Crippen LogP contribution in [0.2, 0.25) is 0 Å². The Bertz CT molecular complexity index is 750. The summed E-state index contributed by atoms with van der Waals surface area (Å²) in [6.07, 6.45) is 7.02. The Morgan fingerprint density at radius 2 is 1.86 bits per heavy atom. The first kappa shape index (κ1) is 18.2. The minimum absolute atomic E-state index is 0.170. The zero-order valence-electron chi connectivity index (χ0n) is 16.6. The van der Waals surface area contributed by atoms with Gasteiger partial charge in [0.1, 0.15) is 0 Å². The average Bonchev–Trinajstić information content (AvgIpc) is 3.46. The van der Waals surface area contributed by atoms with E-state index in [9.17, 15) is 9.59 Å². The van der Waals surface area contributed by atoms with Gasteiger partial charge in [-0.3, -0.25) is 9.59 Å². The summed E-state index contributed by atoms with van der Waals surface area (Å²) < 4.78 is 6.25. The Morgan fingerprint density at radius 3 is 2.50 bits per heavy atom. The number of nitrogens with zero attached hydrogens (tertiary/aromatic N) is 2. The molecule has 1 unspecified atom stereocenters. The molecule has 5 rings (SSSR count). The van der Waals surface area contributed by atoms with Gasteiger partial charge >= 0.3 is 0 Å². The van der Waals surface area contributed by atoms with E-state index in [1.54, 1.807) is 0 Å². The van der Waals surface area contributed by atoms with Crippen LogP contribution >= 0.6 is 0 Å². The summed E-state index contributed by atoms with van der Waals surface area (Å²) in [6.45, 7) is 3.29. The SMILES string of the molecule is O=C1CCOC2(CCN(C(=O)C3CC34CCC4)CC2)CN1Cc1ccccc1. The number of benzene rings is 1. The second-order valence-electron chi connectivity index (χ2n) is 9.31. The summed E-state index contributed by atoms with van der Waals surface area (Å²) in [5, 5.41) is 0. The molecule has 2 aliphatic carbocycles. The molecule has 0 bridgehead atoms. The molecular weight excluding hydrogens is 352 g/mol. The fourth-order valence-corrected chi connectivity index (χ4v) is 5.48. The van der Waals surface area contributed by atoms with Crippen LogP contribution in [0, 0.1) is 11.3 Å². The van der Waals surface area contributed by atoms with Gasteiger partial charge in [-0.25, -0.2) is 0 Å². The topological polar surface area (TPSA) is 49.9 Å². The molecule has 1 aromatic carbocycles.